The van der Waals surface area contributed by atoms with Gasteiger partial charge in [-0.05, 0) is 19.1 Å². The van der Waals surface area contributed by atoms with Crippen molar-refractivity contribution in [3.8, 4) is 5.75 Å². The number of aromatic hydroxyl groups is 1. The normalized spacial score (nSPS) is 20.4. The largest absolute Gasteiger partial charge is 0.507 e. The third-order valence-corrected chi connectivity index (χ3v) is 4.09. The van der Waals surface area contributed by atoms with Gasteiger partial charge in [-0.15, -0.1) is 0 Å². The molecule has 1 aliphatic carbocycles. The molecule has 3 rings (SSSR count). The van der Waals surface area contributed by atoms with Crippen LogP contribution in [0.25, 0.3) is 5.57 Å². The number of ketones is 1. The number of nitrogens with one attached hydrogen (secondary N) is 1. The number of nitrogens with zero attached hydrogens (tertiary/aromatic N) is 1. The van der Waals surface area contributed by atoms with Crippen LogP contribution in [0.15, 0.2) is 46.9 Å². The molecular weight excluding hydrogens is 292 g/mol. The molecule has 0 bridgehead atoms. The Balaban J connectivity index is 2.09. The van der Waals surface area contributed by atoms with E-state index in [1.54, 1.807) is 18.2 Å². The van der Waals surface area contributed by atoms with E-state index in [0.29, 0.717) is 11.3 Å². The lowest BCUT2D eigenvalue weighted by molar-refractivity contribution is -0.389. The van der Waals surface area contributed by atoms with E-state index >= 15 is 0 Å². The van der Waals surface area contributed by atoms with Crippen molar-refractivity contribution in [2.24, 2.45) is 0 Å². The molecule has 0 unspecified atom stereocenters. The number of anilines is 1. The van der Waals surface area contributed by atoms with Crippen LogP contribution in [0.2, 0.25) is 0 Å². The van der Waals surface area contributed by atoms with Gasteiger partial charge in [0.25, 0.3) is 0 Å². The van der Waals surface area contributed by atoms with Gasteiger partial charge < -0.3 is 15.1 Å². The summed E-state index contributed by atoms with van der Waals surface area (Å²) in [5.74, 6) is -0.363. The molecule has 5 nitrogen and oxygen atoms in total. The molecule has 3 N–H and O–H groups in total. The highest BCUT2D eigenvalue weighted by atomic mass is 16.3. The Hall–Kier alpha value is -2.82. The zero-order valence-corrected chi connectivity index (χ0v) is 13.6. The number of hydrogen-bond acceptors (Lipinski definition) is 4. The molecule has 1 heterocycles. The number of phenols is 1. The zero-order chi connectivity index (χ0) is 16.9. The highest BCUT2D eigenvalue weighted by Crippen LogP contribution is 2.41. The number of phenolic OH excluding ortho intramolecular Hbond substituents is 1. The molecule has 0 saturated heterocycles. The number of benzene rings is 1. The van der Waals surface area contributed by atoms with Gasteiger partial charge in [0.2, 0.25) is 11.5 Å². The summed E-state index contributed by atoms with van der Waals surface area (Å²) < 4.78 is 0. The molecule has 1 aliphatic heterocycles. The van der Waals surface area contributed by atoms with E-state index in [4.69, 9.17) is 0 Å². The van der Waals surface area contributed by atoms with Gasteiger partial charge in [0.1, 0.15) is 17.1 Å². The van der Waals surface area contributed by atoms with Gasteiger partial charge in [0, 0.05) is 50.0 Å². The number of Topliss-reactive ketones (excluding diaryl/α,β-unsaturated/α-hetero) is 1. The van der Waals surface area contributed by atoms with Crippen LogP contribution in [0.1, 0.15) is 19.4 Å². The standard InChI is InChI=1S/C18H18N2O3/c1-9-7-10(2)19-16(9)15-17(22)14(18(15)23)12-6-5-11(20(3)4)8-13(12)21/h5-8,21-22H,1-4H3/p+1. The smallest absolute Gasteiger partial charge is 0.222 e. The first-order valence-electron chi connectivity index (χ1n) is 7.33. The van der Waals surface area contributed by atoms with Crippen LogP contribution in [0.3, 0.4) is 0 Å². The topological polar surface area (TPSA) is 74.7 Å². The van der Waals surface area contributed by atoms with Crippen molar-refractivity contribution in [2.45, 2.75) is 13.8 Å². The van der Waals surface area contributed by atoms with Crippen molar-refractivity contribution in [1.29, 1.82) is 0 Å². The molecular formula is C18H19N2O3+. The summed E-state index contributed by atoms with van der Waals surface area (Å²) in [4.78, 5) is 17.5. The van der Waals surface area contributed by atoms with Crippen molar-refractivity contribution in [3.05, 3.63) is 52.4 Å². The first-order valence-corrected chi connectivity index (χ1v) is 7.33. The maximum absolute atomic E-state index is 12.5. The summed E-state index contributed by atoms with van der Waals surface area (Å²) in [5.41, 5.74) is 4.08. The average Bonchev–Trinajstić information content (AvgIpc) is 2.79. The summed E-state index contributed by atoms with van der Waals surface area (Å²) in [5, 5.41) is 20.5. The number of rotatable bonds is 2. The maximum Gasteiger partial charge on any atom is 0.222 e. The molecule has 0 aromatic heterocycles. The van der Waals surface area contributed by atoms with Crippen LogP contribution >= 0.6 is 0 Å². The fourth-order valence-corrected chi connectivity index (χ4v) is 2.88. The van der Waals surface area contributed by atoms with E-state index < -0.39 is 0 Å². The van der Waals surface area contributed by atoms with Gasteiger partial charge in [-0.25, -0.2) is 4.99 Å². The Morgan fingerprint density at radius 2 is 1.78 bits per heavy atom. The van der Waals surface area contributed by atoms with Gasteiger partial charge >= 0.3 is 0 Å². The number of allylic oxidation sites excluding steroid dienone is 4. The molecule has 1 aromatic carbocycles. The second-order valence-corrected chi connectivity index (χ2v) is 6.03. The SMILES string of the molecule is CC1=CC(C)=[NH+]C1=C1C(=O)C(c2ccc(N(C)C)cc2O)=C1O. The quantitative estimate of drug-likeness (QED) is 0.714. The van der Waals surface area contributed by atoms with E-state index in [9.17, 15) is 15.0 Å². The monoisotopic (exact) mass is 311 g/mol. The number of hydrogen-bond donors (Lipinski definition) is 3. The Kier molecular flexibility index (Phi) is 3.36. The van der Waals surface area contributed by atoms with E-state index in [1.165, 1.54) is 0 Å². The van der Waals surface area contributed by atoms with Crippen molar-refractivity contribution < 1.29 is 20.0 Å². The minimum atomic E-state index is -0.264. The minimum Gasteiger partial charge on any atom is -0.507 e. The van der Waals surface area contributed by atoms with E-state index in [0.717, 1.165) is 17.0 Å². The zero-order valence-electron chi connectivity index (χ0n) is 13.6. The van der Waals surface area contributed by atoms with E-state index in [-0.39, 0.29) is 28.4 Å². The predicted octanol–water partition coefficient (Wildman–Crippen LogP) is 1.07. The molecule has 0 radical (unpaired) electrons. The highest BCUT2D eigenvalue weighted by molar-refractivity contribution is 6.39. The average molecular weight is 311 g/mol. The van der Waals surface area contributed by atoms with Crippen LogP contribution in [-0.2, 0) is 4.79 Å². The van der Waals surface area contributed by atoms with Crippen LogP contribution in [0, 0.1) is 0 Å². The molecule has 0 saturated carbocycles. The lowest BCUT2D eigenvalue weighted by Gasteiger charge is -2.22. The summed E-state index contributed by atoms with van der Waals surface area (Å²) in [6.45, 7) is 3.78. The van der Waals surface area contributed by atoms with E-state index in [2.05, 4.69) is 4.99 Å². The van der Waals surface area contributed by atoms with Crippen molar-refractivity contribution in [3.63, 3.8) is 0 Å². The predicted molar refractivity (Wildman–Crippen MR) is 89.4 cm³/mol. The van der Waals surface area contributed by atoms with Crippen molar-refractivity contribution in [2.75, 3.05) is 19.0 Å². The second-order valence-electron chi connectivity index (χ2n) is 6.03. The Bertz CT molecular complexity index is 855. The lowest BCUT2D eigenvalue weighted by atomic mass is 9.81. The summed E-state index contributed by atoms with van der Waals surface area (Å²) in [6.07, 6.45) is 1.92. The maximum atomic E-state index is 12.5. The number of carbonyl (C=O) groups is 1. The first-order chi connectivity index (χ1) is 10.8. The van der Waals surface area contributed by atoms with Gasteiger partial charge in [0.15, 0.2) is 5.71 Å². The molecule has 1 aromatic rings. The highest BCUT2D eigenvalue weighted by Gasteiger charge is 2.42. The molecule has 23 heavy (non-hydrogen) atoms. The molecule has 118 valence electrons. The summed E-state index contributed by atoms with van der Waals surface area (Å²) >= 11 is 0. The Labute approximate surface area is 134 Å². The molecule has 0 amide bonds. The molecule has 0 fully saturated rings. The van der Waals surface area contributed by atoms with Crippen molar-refractivity contribution in [1.82, 2.24) is 0 Å². The third kappa shape index (κ3) is 2.25. The number of aliphatic hydroxyl groups excluding tert-OH is 1. The fourth-order valence-electron chi connectivity index (χ4n) is 2.88. The fraction of sp³-hybridized carbons (Fsp3) is 0.222. The lowest BCUT2D eigenvalue weighted by Crippen LogP contribution is -2.68. The Morgan fingerprint density at radius 3 is 2.26 bits per heavy atom. The number of carbonyl (C=O) groups excluding carboxylic acids is 1. The molecule has 2 aliphatic rings. The molecule has 0 spiro atoms. The number of aliphatic hydroxyl groups is 1. The van der Waals surface area contributed by atoms with Crippen LogP contribution in [0.4, 0.5) is 5.69 Å². The van der Waals surface area contributed by atoms with Crippen LogP contribution in [0.5, 0.6) is 5.75 Å². The second kappa shape index (κ2) is 5.12. The van der Waals surface area contributed by atoms with Gasteiger partial charge in [0.05, 0.1) is 5.57 Å². The van der Waals surface area contributed by atoms with E-state index in [1.807, 2.05) is 38.9 Å². The third-order valence-electron chi connectivity index (χ3n) is 4.09. The summed E-state index contributed by atoms with van der Waals surface area (Å²) in [7, 11) is 3.73. The molecule has 5 heteroatoms. The van der Waals surface area contributed by atoms with Gasteiger partial charge in [-0.2, -0.15) is 0 Å². The van der Waals surface area contributed by atoms with Gasteiger partial charge in [-0.1, -0.05) is 0 Å². The van der Waals surface area contributed by atoms with Crippen molar-refractivity contribution >= 4 is 22.8 Å². The van der Waals surface area contributed by atoms with Gasteiger partial charge in [-0.3, -0.25) is 4.79 Å². The summed E-state index contributed by atoms with van der Waals surface area (Å²) in [6, 6.07) is 5.02. The first kappa shape index (κ1) is 15.1. The Morgan fingerprint density at radius 1 is 1.09 bits per heavy atom. The van der Waals surface area contributed by atoms with Crippen LogP contribution < -0.4 is 9.89 Å². The van der Waals surface area contributed by atoms with Crippen LogP contribution in [-0.4, -0.2) is 35.8 Å². The molecule has 0 atom stereocenters. The minimum absolute atomic E-state index is 0.0236.